The molecule has 1 heterocycles. The summed E-state index contributed by atoms with van der Waals surface area (Å²) >= 11 is 0. The van der Waals surface area contributed by atoms with Crippen molar-refractivity contribution >= 4 is 5.91 Å². The summed E-state index contributed by atoms with van der Waals surface area (Å²) in [5.41, 5.74) is 0.461. The Bertz CT molecular complexity index is 471. The fraction of sp³-hybridized carbons (Fsp3) is 0.533. The highest BCUT2D eigenvalue weighted by atomic mass is 19.1. The van der Waals surface area contributed by atoms with Gasteiger partial charge in [-0.3, -0.25) is 4.79 Å². The van der Waals surface area contributed by atoms with E-state index in [1.807, 2.05) is 7.05 Å². The molecule has 1 amide bonds. The van der Waals surface area contributed by atoms with Gasteiger partial charge in [0, 0.05) is 18.7 Å². The lowest BCUT2D eigenvalue weighted by Gasteiger charge is -2.27. The van der Waals surface area contributed by atoms with Gasteiger partial charge in [-0.15, -0.1) is 0 Å². The summed E-state index contributed by atoms with van der Waals surface area (Å²) in [6.07, 6.45) is 3.00. The molecule has 110 valence electrons. The van der Waals surface area contributed by atoms with Crippen molar-refractivity contribution in [3.05, 3.63) is 29.6 Å². The molecule has 20 heavy (non-hydrogen) atoms. The van der Waals surface area contributed by atoms with E-state index in [0.29, 0.717) is 5.56 Å². The molecule has 1 aromatic rings. The predicted octanol–water partition coefficient (Wildman–Crippen LogP) is 2.05. The number of amides is 1. The van der Waals surface area contributed by atoms with Crippen molar-refractivity contribution in [2.45, 2.75) is 25.3 Å². The van der Waals surface area contributed by atoms with Gasteiger partial charge in [-0.2, -0.15) is 0 Å². The number of rotatable bonds is 3. The Morgan fingerprint density at radius 2 is 2.20 bits per heavy atom. The van der Waals surface area contributed by atoms with E-state index in [1.165, 1.54) is 25.3 Å². The van der Waals surface area contributed by atoms with Crippen LogP contribution in [0.1, 0.15) is 29.6 Å². The standard InChI is InChI=1S/C15H21FN2O2/c1-18(12-4-3-8-17-9-7-12)15(19)11-5-6-13(16)14(10-11)20-2/h5-6,10,12,17H,3-4,7-9H2,1-2H3. The molecule has 0 aliphatic carbocycles. The largest absolute Gasteiger partial charge is 0.494 e. The zero-order valence-electron chi connectivity index (χ0n) is 12.0. The second-order valence-electron chi connectivity index (χ2n) is 5.10. The van der Waals surface area contributed by atoms with Gasteiger partial charge in [-0.1, -0.05) is 0 Å². The summed E-state index contributed by atoms with van der Waals surface area (Å²) in [7, 11) is 3.21. The van der Waals surface area contributed by atoms with Gasteiger partial charge < -0.3 is 15.0 Å². The molecule has 0 aromatic heterocycles. The maximum atomic E-state index is 13.4. The van der Waals surface area contributed by atoms with Gasteiger partial charge in [0.1, 0.15) is 0 Å². The van der Waals surface area contributed by atoms with Crippen LogP contribution in [0, 0.1) is 5.82 Å². The Hall–Kier alpha value is -1.62. The molecule has 0 bridgehead atoms. The van der Waals surface area contributed by atoms with E-state index < -0.39 is 5.82 Å². The second kappa shape index (κ2) is 6.70. The Kier molecular flexibility index (Phi) is 4.95. The summed E-state index contributed by atoms with van der Waals surface area (Å²) in [5.74, 6) is -0.438. The van der Waals surface area contributed by atoms with E-state index >= 15 is 0 Å². The monoisotopic (exact) mass is 280 g/mol. The molecule has 5 heteroatoms. The molecule has 1 N–H and O–H groups in total. The van der Waals surface area contributed by atoms with E-state index in [2.05, 4.69) is 5.32 Å². The third-order valence-electron chi connectivity index (χ3n) is 3.81. The molecular formula is C15H21FN2O2. The molecule has 1 atom stereocenters. The number of nitrogens with one attached hydrogen (secondary N) is 1. The minimum atomic E-state index is -0.453. The summed E-state index contributed by atoms with van der Waals surface area (Å²) in [5, 5.41) is 3.33. The highest BCUT2D eigenvalue weighted by Gasteiger charge is 2.22. The van der Waals surface area contributed by atoms with Crippen molar-refractivity contribution in [2.24, 2.45) is 0 Å². The lowest BCUT2D eigenvalue weighted by atomic mass is 10.1. The van der Waals surface area contributed by atoms with E-state index in [4.69, 9.17) is 4.74 Å². The maximum absolute atomic E-state index is 13.4. The average molecular weight is 280 g/mol. The molecule has 0 saturated carbocycles. The molecule has 2 rings (SSSR count). The van der Waals surface area contributed by atoms with Crippen LogP contribution >= 0.6 is 0 Å². The second-order valence-corrected chi connectivity index (χ2v) is 5.10. The maximum Gasteiger partial charge on any atom is 0.253 e. The quantitative estimate of drug-likeness (QED) is 0.921. The number of ether oxygens (including phenoxy) is 1. The summed E-state index contributed by atoms with van der Waals surface area (Å²) in [6, 6.07) is 4.47. The first kappa shape index (κ1) is 14.8. The van der Waals surface area contributed by atoms with Crippen LogP contribution in [0.5, 0.6) is 5.75 Å². The summed E-state index contributed by atoms with van der Waals surface area (Å²) in [6.45, 7) is 1.93. The van der Waals surface area contributed by atoms with E-state index in [0.717, 1.165) is 32.4 Å². The minimum absolute atomic E-state index is 0.0878. The molecule has 1 aliphatic rings. The van der Waals surface area contributed by atoms with Crippen molar-refractivity contribution in [1.82, 2.24) is 10.2 Å². The molecule has 4 nitrogen and oxygen atoms in total. The van der Waals surface area contributed by atoms with Crippen molar-refractivity contribution in [3.63, 3.8) is 0 Å². The van der Waals surface area contributed by atoms with Crippen LogP contribution in [-0.4, -0.2) is 44.1 Å². The van der Waals surface area contributed by atoms with Gasteiger partial charge in [-0.05, 0) is 50.6 Å². The molecule has 0 radical (unpaired) electrons. The predicted molar refractivity (Wildman–Crippen MR) is 75.6 cm³/mol. The van der Waals surface area contributed by atoms with Crippen LogP contribution in [0.15, 0.2) is 18.2 Å². The number of halogens is 1. The average Bonchev–Trinajstić information content (AvgIpc) is 2.75. The van der Waals surface area contributed by atoms with E-state index in [-0.39, 0.29) is 17.7 Å². The van der Waals surface area contributed by atoms with Crippen molar-refractivity contribution in [1.29, 1.82) is 0 Å². The number of benzene rings is 1. The van der Waals surface area contributed by atoms with Crippen LogP contribution < -0.4 is 10.1 Å². The SMILES string of the molecule is COc1cc(C(=O)N(C)C2CCCNCC2)ccc1F. The lowest BCUT2D eigenvalue weighted by molar-refractivity contribution is 0.0720. The van der Waals surface area contributed by atoms with Gasteiger partial charge in [0.25, 0.3) is 5.91 Å². The Labute approximate surface area is 118 Å². The van der Waals surface area contributed by atoms with Crippen molar-refractivity contribution < 1.29 is 13.9 Å². The van der Waals surface area contributed by atoms with Gasteiger partial charge in [-0.25, -0.2) is 4.39 Å². The number of hydrogen-bond donors (Lipinski definition) is 1. The van der Waals surface area contributed by atoms with Crippen LogP contribution in [-0.2, 0) is 0 Å². The summed E-state index contributed by atoms with van der Waals surface area (Å²) < 4.78 is 18.3. The van der Waals surface area contributed by atoms with Crippen LogP contribution in [0.2, 0.25) is 0 Å². The first-order valence-electron chi connectivity index (χ1n) is 6.95. The summed E-state index contributed by atoms with van der Waals surface area (Å²) in [4.78, 5) is 14.2. The Morgan fingerprint density at radius 1 is 1.40 bits per heavy atom. The van der Waals surface area contributed by atoms with Crippen LogP contribution in [0.4, 0.5) is 4.39 Å². The fourth-order valence-corrected chi connectivity index (χ4v) is 2.55. The van der Waals surface area contributed by atoms with Crippen molar-refractivity contribution in [3.8, 4) is 5.75 Å². The number of nitrogens with zero attached hydrogens (tertiary/aromatic N) is 1. The highest BCUT2D eigenvalue weighted by molar-refractivity contribution is 5.94. The third kappa shape index (κ3) is 3.28. The molecule has 1 aliphatic heterocycles. The van der Waals surface area contributed by atoms with E-state index in [9.17, 15) is 9.18 Å². The molecule has 0 spiro atoms. The normalized spacial score (nSPS) is 19.2. The van der Waals surface area contributed by atoms with Crippen LogP contribution in [0.25, 0.3) is 0 Å². The Balaban J connectivity index is 2.13. The Morgan fingerprint density at radius 3 is 2.95 bits per heavy atom. The third-order valence-corrected chi connectivity index (χ3v) is 3.81. The van der Waals surface area contributed by atoms with Crippen molar-refractivity contribution in [2.75, 3.05) is 27.2 Å². The smallest absolute Gasteiger partial charge is 0.253 e. The zero-order valence-corrected chi connectivity index (χ0v) is 12.0. The molecule has 1 unspecified atom stereocenters. The number of carbonyl (C=O) groups is 1. The zero-order chi connectivity index (χ0) is 14.5. The molecular weight excluding hydrogens is 259 g/mol. The number of hydrogen-bond acceptors (Lipinski definition) is 3. The van der Waals surface area contributed by atoms with Crippen LogP contribution in [0.3, 0.4) is 0 Å². The topological polar surface area (TPSA) is 41.6 Å². The van der Waals surface area contributed by atoms with Gasteiger partial charge in [0.05, 0.1) is 7.11 Å². The molecule has 1 aromatic carbocycles. The highest BCUT2D eigenvalue weighted by Crippen LogP contribution is 2.21. The first-order chi connectivity index (χ1) is 9.63. The first-order valence-corrected chi connectivity index (χ1v) is 6.95. The fourth-order valence-electron chi connectivity index (χ4n) is 2.55. The number of methoxy groups -OCH3 is 1. The number of carbonyl (C=O) groups excluding carboxylic acids is 1. The van der Waals surface area contributed by atoms with Gasteiger partial charge in [0.15, 0.2) is 11.6 Å². The van der Waals surface area contributed by atoms with Gasteiger partial charge >= 0.3 is 0 Å². The minimum Gasteiger partial charge on any atom is -0.494 e. The van der Waals surface area contributed by atoms with E-state index in [1.54, 1.807) is 4.90 Å². The lowest BCUT2D eigenvalue weighted by Crippen LogP contribution is -2.37. The van der Waals surface area contributed by atoms with Gasteiger partial charge in [0.2, 0.25) is 0 Å². The molecule has 1 saturated heterocycles. The molecule has 1 fully saturated rings.